The van der Waals surface area contributed by atoms with Crippen molar-refractivity contribution in [2.45, 2.75) is 285 Å². The second-order valence-corrected chi connectivity index (χ2v) is 18.8. The van der Waals surface area contributed by atoms with Crippen LogP contribution in [0.3, 0.4) is 0 Å². The summed E-state index contributed by atoms with van der Waals surface area (Å²) in [4.78, 5) is 37.9. The van der Waals surface area contributed by atoms with Crippen molar-refractivity contribution in [2.75, 3.05) is 13.2 Å². The van der Waals surface area contributed by atoms with Crippen LogP contribution >= 0.6 is 0 Å². The van der Waals surface area contributed by atoms with Crippen molar-refractivity contribution in [2.24, 2.45) is 17.8 Å². The molecule has 0 aliphatic heterocycles. The lowest BCUT2D eigenvalue weighted by atomic mass is 9.99. The Morgan fingerprint density at radius 3 is 0.897 bits per heavy atom. The van der Waals surface area contributed by atoms with Crippen LogP contribution in [0, 0.1) is 17.8 Å². The summed E-state index contributed by atoms with van der Waals surface area (Å²) in [7, 11) is 0. The first-order valence-electron chi connectivity index (χ1n) is 25.7. The molecule has 0 saturated carbocycles. The zero-order valence-electron chi connectivity index (χ0n) is 39.8. The summed E-state index contributed by atoms with van der Waals surface area (Å²) >= 11 is 0. The third-order valence-corrected chi connectivity index (χ3v) is 12.4. The van der Waals surface area contributed by atoms with Gasteiger partial charge in [0.05, 0.1) is 0 Å². The number of rotatable bonds is 45. The summed E-state index contributed by atoms with van der Waals surface area (Å²) in [5.74, 6) is 1.66. The molecule has 0 heterocycles. The summed E-state index contributed by atoms with van der Waals surface area (Å²) in [6.45, 7) is 13.7. The van der Waals surface area contributed by atoms with Crippen LogP contribution < -0.4 is 0 Å². The van der Waals surface area contributed by atoms with Crippen LogP contribution in [-0.4, -0.2) is 37.2 Å². The van der Waals surface area contributed by atoms with Gasteiger partial charge >= 0.3 is 17.9 Å². The minimum atomic E-state index is -0.763. The molecule has 0 aliphatic rings. The van der Waals surface area contributed by atoms with Crippen LogP contribution in [0.2, 0.25) is 0 Å². The first-order chi connectivity index (χ1) is 28.2. The fourth-order valence-corrected chi connectivity index (χ4v) is 7.70. The third-order valence-electron chi connectivity index (χ3n) is 12.4. The van der Waals surface area contributed by atoms with Crippen molar-refractivity contribution in [1.82, 2.24) is 0 Å². The molecule has 0 radical (unpaired) electrons. The van der Waals surface area contributed by atoms with Crippen LogP contribution in [0.4, 0.5) is 0 Å². The van der Waals surface area contributed by atoms with Crippen LogP contribution in [0.5, 0.6) is 0 Å². The molecule has 0 spiro atoms. The lowest BCUT2D eigenvalue weighted by Gasteiger charge is -2.18. The van der Waals surface area contributed by atoms with Gasteiger partial charge in [0.2, 0.25) is 0 Å². The third kappa shape index (κ3) is 42.5. The van der Waals surface area contributed by atoms with Crippen molar-refractivity contribution >= 4 is 17.9 Å². The zero-order chi connectivity index (χ0) is 42.7. The highest BCUT2D eigenvalue weighted by Gasteiger charge is 2.19. The van der Waals surface area contributed by atoms with E-state index < -0.39 is 6.10 Å². The van der Waals surface area contributed by atoms with Crippen molar-refractivity contribution < 1.29 is 28.6 Å². The normalized spacial score (nSPS) is 13.1. The summed E-state index contributed by atoms with van der Waals surface area (Å²) in [5, 5.41) is 0. The molecule has 344 valence electrons. The van der Waals surface area contributed by atoms with Gasteiger partial charge in [-0.3, -0.25) is 14.4 Å². The molecular formula is C52H100O6. The van der Waals surface area contributed by atoms with Gasteiger partial charge in [-0.15, -0.1) is 0 Å². The van der Waals surface area contributed by atoms with Crippen LogP contribution in [0.25, 0.3) is 0 Å². The highest BCUT2D eigenvalue weighted by Crippen LogP contribution is 2.18. The Bertz CT molecular complexity index is 902. The highest BCUT2D eigenvalue weighted by atomic mass is 16.6. The van der Waals surface area contributed by atoms with E-state index >= 15 is 0 Å². The number of carbonyl (C=O) groups is 3. The van der Waals surface area contributed by atoms with E-state index in [1.165, 1.54) is 161 Å². The first kappa shape index (κ1) is 56.4. The number of unbranched alkanes of at least 4 members (excludes halogenated alkanes) is 26. The SMILES string of the molecule is CCC(C)CCCCCCCCCCCCCCCCC(=O)OC[C@H](COC(=O)CCCCCCCCCCCC(C)C)OC(=O)CCCCCCCCC(C)CC. The molecule has 3 atom stereocenters. The Balaban J connectivity index is 4.26. The lowest BCUT2D eigenvalue weighted by molar-refractivity contribution is -0.167. The maximum absolute atomic E-state index is 12.7. The Kier molecular flexibility index (Phi) is 42.3. The molecule has 58 heavy (non-hydrogen) atoms. The number of ether oxygens (including phenoxy) is 3. The average molecular weight is 821 g/mol. The van der Waals surface area contributed by atoms with E-state index in [-0.39, 0.29) is 31.1 Å². The monoisotopic (exact) mass is 821 g/mol. The second-order valence-electron chi connectivity index (χ2n) is 18.8. The van der Waals surface area contributed by atoms with Gasteiger partial charge in [0, 0.05) is 19.3 Å². The molecule has 0 saturated heterocycles. The molecule has 0 N–H and O–H groups in total. The van der Waals surface area contributed by atoms with Gasteiger partial charge in [0.25, 0.3) is 0 Å². The van der Waals surface area contributed by atoms with Crippen LogP contribution in [-0.2, 0) is 28.6 Å². The maximum Gasteiger partial charge on any atom is 0.306 e. The van der Waals surface area contributed by atoms with Gasteiger partial charge < -0.3 is 14.2 Å². The van der Waals surface area contributed by atoms with E-state index in [0.717, 1.165) is 75.5 Å². The molecule has 0 fully saturated rings. The van der Waals surface area contributed by atoms with Crippen molar-refractivity contribution in [1.29, 1.82) is 0 Å². The Morgan fingerprint density at radius 1 is 0.345 bits per heavy atom. The fourth-order valence-electron chi connectivity index (χ4n) is 7.70. The average Bonchev–Trinajstić information content (AvgIpc) is 3.21. The molecule has 0 aromatic heterocycles. The minimum Gasteiger partial charge on any atom is -0.462 e. The molecule has 2 unspecified atom stereocenters. The van der Waals surface area contributed by atoms with Crippen LogP contribution in [0.1, 0.15) is 279 Å². The van der Waals surface area contributed by atoms with E-state index in [4.69, 9.17) is 14.2 Å². The maximum atomic E-state index is 12.7. The molecule has 6 heteroatoms. The van der Waals surface area contributed by atoms with Crippen LogP contribution in [0.15, 0.2) is 0 Å². The minimum absolute atomic E-state index is 0.0657. The number of hydrogen-bond acceptors (Lipinski definition) is 6. The van der Waals surface area contributed by atoms with E-state index in [1.807, 2.05) is 0 Å². The van der Waals surface area contributed by atoms with Gasteiger partial charge in [0.1, 0.15) is 13.2 Å². The molecule has 0 aromatic rings. The van der Waals surface area contributed by atoms with E-state index in [2.05, 4.69) is 41.5 Å². The predicted octanol–water partition coefficient (Wildman–Crippen LogP) is 16.4. The van der Waals surface area contributed by atoms with Gasteiger partial charge in [-0.2, -0.15) is 0 Å². The Hall–Kier alpha value is -1.59. The topological polar surface area (TPSA) is 78.9 Å². The highest BCUT2D eigenvalue weighted by molar-refractivity contribution is 5.71. The summed E-state index contributed by atoms with van der Waals surface area (Å²) in [6, 6.07) is 0. The molecule has 0 aromatic carbocycles. The standard InChI is InChI=1S/C52H100O6/c1-7-47(5)39-33-27-21-17-13-11-9-10-12-14-18-22-29-35-41-50(53)56-44-49(58-52(55)43-37-31-25-24-28-34-40-48(6)8-2)45-57-51(54)42-36-30-23-19-15-16-20-26-32-38-46(3)4/h46-49H,7-45H2,1-6H3/t47?,48?,49-/m1/s1. The van der Waals surface area contributed by atoms with Gasteiger partial charge in [-0.25, -0.2) is 0 Å². The van der Waals surface area contributed by atoms with Gasteiger partial charge in [-0.05, 0) is 37.0 Å². The molecule has 0 bridgehead atoms. The number of hydrogen-bond donors (Lipinski definition) is 0. The van der Waals surface area contributed by atoms with E-state index in [1.54, 1.807) is 0 Å². The Labute approximate surface area is 361 Å². The predicted molar refractivity (Wildman–Crippen MR) is 247 cm³/mol. The summed E-state index contributed by atoms with van der Waals surface area (Å²) in [5.41, 5.74) is 0. The van der Waals surface area contributed by atoms with Gasteiger partial charge in [-0.1, -0.05) is 241 Å². The zero-order valence-corrected chi connectivity index (χ0v) is 39.8. The molecule has 0 rings (SSSR count). The van der Waals surface area contributed by atoms with E-state index in [9.17, 15) is 14.4 Å². The first-order valence-corrected chi connectivity index (χ1v) is 25.7. The second kappa shape index (κ2) is 43.5. The number of esters is 3. The summed E-state index contributed by atoms with van der Waals surface area (Å²) < 4.78 is 16.8. The number of carbonyl (C=O) groups excluding carboxylic acids is 3. The van der Waals surface area contributed by atoms with Crippen molar-refractivity contribution in [3.63, 3.8) is 0 Å². The lowest BCUT2D eigenvalue weighted by Crippen LogP contribution is -2.30. The fraction of sp³-hybridized carbons (Fsp3) is 0.942. The largest absolute Gasteiger partial charge is 0.462 e. The quantitative estimate of drug-likeness (QED) is 0.0346. The Morgan fingerprint density at radius 2 is 0.603 bits per heavy atom. The molecule has 0 amide bonds. The van der Waals surface area contributed by atoms with E-state index in [0.29, 0.717) is 19.3 Å². The van der Waals surface area contributed by atoms with Crippen molar-refractivity contribution in [3.8, 4) is 0 Å². The van der Waals surface area contributed by atoms with Crippen molar-refractivity contribution in [3.05, 3.63) is 0 Å². The molecule has 6 nitrogen and oxygen atoms in total. The van der Waals surface area contributed by atoms with Gasteiger partial charge in [0.15, 0.2) is 6.10 Å². The molecule has 0 aliphatic carbocycles. The smallest absolute Gasteiger partial charge is 0.306 e. The molecular weight excluding hydrogens is 721 g/mol. The summed E-state index contributed by atoms with van der Waals surface area (Å²) in [6.07, 6.45) is 42.3.